The Balaban J connectivity index is 2.02. The summed E-state index contributed by atoms with van der Waals surface area (Å²) in [5.74, 6) is 1.45. The molecule has 2 N–H and O–H groups in total. The molecule has 2 rings (SSSR count). The fourth-order valence-electron chi connectivity index (χ4n) is 1.94. The van der Waals surface area contributed by atoms with Crippen molar-refractivity contribution in [3.05, 3.63) is 36.0 Å². The van der Waals surface area contributed by atoms with E-state index in [2.05, 4.69) is 20.8 Å². The number of amides is 1. The maximum Gasteiger partial charge on any atom is 0.271 e. The molecule has 1 heterocycles. The molecular formula is C16H20N4O4. The zero-order chi connectivity index (χ0) is 17.4. The predicted octanol–water partition coefficient (Wildman–Crippen LogP) is 1.61. The highest BCUT2D eigenvalue weighted by molar-refractivity contribution is 5.92. The van der Waals surface area contributed by atoms with Crippen molar-refractivity contribution in [2.75, 3.05) is 39.8 Å². The minimum Gasteiger partial charge on any atom is -0.493 e. The number of carbonyl (C=O) groups is 1. The van der Waals surface area contributed by atoms with Gasteiger partial charge in [0.15, 0.2) is 23.0 Å². The van der Waals surface area contributed by atoms with Crippen LogP contribution in [0.1, 0.15) is 10.5 Å². The van der Waals surface area contributed by atoms with Crippen LogP contribution in [0.15, 0.2) is 30.3 Å². The second-order valence-electron chi connectivity index (χ2n) is 4.75. The number of rotatable bonds is 8. The molecule has 0 radical (unpaired) electrons. The SMILES string of the molecule is COCCNC(=O)c1ccc(Nc2ccc(OC)c(OC)c2)nn1. The lowest BCUT2D eigenvalue weighted by atomic mass is 10.2. The highest BCUT2D eigenvalue weighted by Crippen LogP contribution is 2.30. The van der Waals surface area contributed by atoms with Crippen LogP contribution in [0, 0.1) is 0 Å². The molecule has 0 aliphatic heterocycles. The summed E-state index contributed by atoms with van der Waals surface area (Å²) < 4.78 is 15.3. The van der Waals surface area contributed by atoms with Crippen molar-refractivity contribution >= 4 is 17.4 Å². The second kappa shape index (κ2) is 8.68. The van der Waals surface area contributed by atoms with Gasteiger partial charge in [-0.1, -0.05) is 0 Å². The van der Waals surface area contributed by atoms with Gasteiger partial charge in [-0.15, -0.1) is 10.2 Å². The average molecular weight is 332 g/mol. The van der Waals surface area contributed by atoms with Gasteiger partial charge < -0.3 is 24.8 Å². The van der Waals surface area contributed by atoms with Crippen LogP contribution in [-0.4, -0.2) is 50.6 Å². The average Bonchev–Trinajstić information content (AvgIpc) is 2.62. The highest BCUT2D eigenvalue weighted by Gasteiger charge is 2.09. The Morgan fingerprint density at radius 3 is 2.46 bits per heavy atom. The van der Waals surface area contributed by atoms with E-state index in [-0.39, 0.29) is 11.6 Å². The van der Waals surface area contributed by atoms with Gasteiger partial charge in [0.1, 0.15) is 0 Å². The molecular weight excluding hydrogens is 312 g/mol. The number of methoxy groups -OCH3 is 3. The van der Waals surface area contributed by atoms with Gasteiger partial charge in [0, 0.05) is 25.4 Å². The van der Waals surface area contributed by atoms with Crippen LogP contribution in [0.2, 0.25) is 0 Å². The number of benzene rings is 1. The molecule has 0 aliphatic carbocycles. The summed E-state index contributed by atoms with van der Waals surface area (Å²) in [6.07, 6.45) is 0. The number of aromatic nitrogens is 2. The first-order valence-corrected chi connectivity index (χ1v) is 7.28. The maximum atomic E-state index is 11.8. The van der Waals surface area contributed by atoms with Crippen molar-refractivity contribution in [3.63, 3.8) is 0 Å². The first kappa shape index (κ1) is 17.5. The Hall–Kier alpha value is -2.87. The molecule has 2 aromatic rings. The summed E-state index contributed by atoms with van der Waals surface area (Å²) in [4.78, 5) is 11.8. The third kappa shape index (κ3) is 4.56. The minimum absolute atomic E-state index is 0.240. The monoisotopic (exact) mass is 332 g/mol. The smallest absolute Gasteiger partial charge is 0.271 e. The maximum absolute atomic E-state index is 11.8. The van der Waals surface area contributed by atoms with Crippen LogP contribution in [-0.2, 0) is 4.74 Å². The Kier molecular flexibility index (Phi) is 6.32. The van der Waals surface area contributed by atoms with E-state index < -0.39 is 0 Å². The van der Waals surface area contributed by atoms with Crippen molar-refractivity contribution in [1.29, 1.82) is 0 Å². The summed E-state index contributed by atoms with van der Waals surface area (Å²) in [6, 6.07) is 8.67. The molecule has 0 saturated carbocycles. The van der Waals surface area contributed by atoms with Crippen LogP contribution in [0.4, 0.5) is 11.5 Å². The van der Waals surface area contributed by atoms with Crippen LogP contribution < -0.4 is 20.1 Å². The van der Waals surface area contributed by atoms with Crippen LogP contribution in [0.25, 0.3) is 0 Å². The molecule has 8 heteroatoms. The molecule has 0 atom stereocenters. The van der Waals surface area contributed by atoms with Crippen molar-refractivity contribution in [1.82, 2.24) is 15.5 Å². The van der Waals surface area contributed by atoms with E-state index in [0.717, 1.165) is 5.69 Å². The number of anilines is 2. The quantitative estimate of drug-likeness (QED) is 0.709. The topological polar surface area (TPSA) is 94.6 Å². The fourth-order valence-corrected chi connectivity index (χ4v) is 1.94. The molecule has 0 unspecified atom stereocenters. The second-order valence-corrected chi connectivity index (χ2v) is 4.75. The molecule has 1 aromatic heterocycles. The molecule has 0 spiro atoms. The van der Waals surface area contributed by atoms with E-state index in [1.165, 1.54) is 0 Å². The summed E-state index contributed by atoms with van der Waals surface area (Å²) in [7, 11) is 4.71. The van der Waals surface area contributed by atoms with E-state index in [4.69, 9.17) is 14.2 Å². The van der Waals surface area contributed by atoms with Gasteiger partial charge in [-0.05, 0) is 24.3 Å². The van der Waals surface area contributed by atoms with Crippen molar-refractivity contribution < 1.29 is 19.0 Å². The minimum atomic E-state index is -0.294. The van der Waals surface area contributed by atoms with Crippen LogP contribution in [0.3, 0.4) is 0 Å². The summed E-state index contributed by atoms with van der Waals surface area (Å²) in [5, 5.41) is 13.7. The van der Waals surface area contributed by atoms with E-state index in [9.17, 15) is 4.79 Å². The van der Waals surface area contributed by atoms with E-state index >= 15 is 0 Å². The number of hydrogen-bond acceptors (Lipinski definition) is 7. The van der Waals surface area contributed by atoms with Crippen LogP contribution >= 0.6 is 0 Å². The third-order valence-electron chi connectivity index (χ3n) is 3.14. The highest BCUT2D eigenvalue weighted by atomic mass is 16.5. The lowest BCUT2D eigenvalue weighted by Gasteiger charge is -2.10. The Morgan fingerprint density at radius 1 is 1.04 bits per heavy atom. The number of nitrogens with one attached hydrogen (secondary N) is 2. The van der Waals surface area contributed by atoms with Gasteiger partial charge in [-0.25, -0.2) is 0 Å². The van der Waals surface area contributed by atoms with Gasteiger partial charge in [-0.3, -0.25) is 4.79 Å². The van der Waals surface area contributed by atoms with Gasteiger partial charge >= 0.3 is 0 Å². The Labute approximate surface area is 140 Å². The van der Waals surface area contributed by atoms with Crippen LogP contribution in [0.5, 0.6) is 11.5 Å². The van der Waals surface area contributed by atoms with Gasteiger partial charge in [0.05, 0.1) is 20.8 Å². The van der Waals surface area contributed by atoms with Gasteiger partial charge in [0.25, 0.3) is 5.91 Å². The lowest BCUT2D eigenvalue weighted by molar-refractivity contribution is 0.0931. The van der Waals surface area contributed by atoms with Crippen molar-refractivity contribution in [3.8, 4) is 11.5 Å². The third-order valence-corrected chi connectivity index (χ3v) is 3.14. The molecule has 0 saturated heterocycles. The first-order chi connectivity index (χ1) is 11.7. The van der Waals surface area contributed by atoms with E-state index in [1.54, 1.807) is 45.6 Å². The molecule has 8 nitrogen and oxygen atoms in total. The standard InChI is InChI=1S/C16H20N4O4/c1-22-9-8-17-16(21)12-5-7-15(20-19-12)18-11-4-6-13(23-2)14(10-11)24-3/h4-7,10H,8-9H2,1-3H3,(H,17,21)(H,18,20). The fraction of sp³-hybridized carbons (Fsp3) is 0.312. The van der Waals surface area contributed by atoms with Gasteiger partial charge in [0.2, 0.25) is 0 Å². The summed E-state index contributed by atoms with van der Waals surface area (Å²) in [6.45, 7) is 0.862. The van der Waals surface area contributed by atoms with E-state index in [1.807, 2.05) is 6.07 Å². The van der Waals surface area contributed by atoms with Crippen molar-refractivity contribution in [2.45, 2.75) is 0 Å². The van der Waals surface area contributed by atoms with Gasteiger partial charge in [-0.2, -0.15) is 0 Å². The molecule has 1 amide bonds. The molecule has 128 valence electrons. The molecule has 0 aliphatic rings. The Bertz CT molecular complexity index is 676. The predicted molar refractivity (Wildman–Crippen MR) is 89.1 cm³/mol. The molecule has 24 heavy (non-hydrogen) atoms. The zero-order valence-corrected chi connectivity index (χ0v) is 13.8. The molecule has 1 aromatic carbocycles. The summed E-state index contributed by atoms with van der Waals surface area (Å²) in [5.41, 5.74) is 1.00. The largest absolute Gasteiger partial charge is 0.493 e. The zero-order valence-electron chi connectivity index (χ0n) is 13.8. The first-order valence-electron chi connectivity index (χ1n) is 7.28. The number of ether oxygens (including phenoxy) is 3. The molecule has 0 bridgehead atoms. The Morgan fingerprint density at radius 2 is 1.83 bits per heavy atom. The normalized spacial score (nSPS) is 10.1. The number of hydrogen-bond donors (Lipinski definition) is 2. The van der Waals surface area contributed by atoms with Crippen molar-refractivity contribution in [2.24, 2.45) is 0 Å². The summed E-state index contributed by atoms with van der Waals surface area (Å²) >= 11 is 0. The number of nitrogens with zero attached hydrogens (tertiary/aromatic N) is 2. The number of carbonyl (C=O) groups excluding carboxylic acids is 1. The molecule has 0 fully saturated rings. The van der Waals surface area contributed by atoms with E-state index in [0.29, 0.717) is 30.5 Å². The lowest BCUT2D eigenvalue weighted by Crippen LogP contribution is -2.27.